The quantitative estimate of drug-likeness (QED) is 0.611. The van der Waals surface area contributed by atoms with Crippen molar-refractivity contribution in [3.05, 3.63) is 24.3 Å². The Hall–Kier alpha value is -1.41. The van der Waals surface area contributed by atoms with Crippen LogP contribution in [0.4, 0.5) is 5.69 Å². The summed E-state index contributed by atoms with van der Waals surface area (Å²) in [6, 6.07) is 6.70. The summed E-state index contributed by atoms with van der Waals surface area (Å²) in [5.41, 5.74) is 0.450. The highest BCUT2D eigenvalue weighted by atomic mass is 32.2. The summed E-state index contributed by atoms with van der Waals surface area (Å²) in [5.74, 6) is 1.23. The highest BCUT2D eigenvalue weighted by molar-refractivity contribution is 7.99. The second-order valence-electron chi connectivity index (χ2n) is 6.32. The lowest BCUT2D eigenvalue weighted by Crippen LogP contribution is -2.41. The summed E-state index contributed by atoms with van der Waals surface area (Å²) >= 11 is 1.89. The van der Waals surface area contributed by atoms with E-state index in [-0.39, 0.29) is 12.5 Å². The fourth-order valence-corrected chi connectivity index (χ4v) is 5.01. The minimum Gasteiger partial charge on any atom is -0.494 e. The Balaban J connectivity index is 1.87. The van der Waals surface area contributed by atoms with Crippen LogP contribution in [-0.2, 0) is 14.8 Å². The van der Waals surface area contributed by atoms with Gasteiger partial charge in [0.05, 0.1) is 18.6 Å². The lowest BCUT2D eigenvalue weighted by atomic mass is 10.3. The summed E-state index contributed by atoms with van der Waals surface area (Å²) in [4.78, 5) is 12.2. The second kappa shape index (κ2) is 10.1. The molecule has 0 unspecified atom stereocenters. The molecule has 8 heteroatoms. The Morgan fingerprint density at radius 3 is 2.50 bits per heavy atom. The van der Waals surface area contributed by atoms with Gasteiger partial charge in [0.25, 0.3) is 0 Å². The molecule has 1 amide bonds. The van der Waals surface area contributed by atoms with Gasteiger partial charge in [-0.25, -0.2) is 8.42 Å². The van der Waals surface area contributed by atoms with Gasteiger partial charge >= 0.3 is 0 Å². The van der Waals surface area contributed by atoms with Gasteiger partial charge in [-0.1, -0.05) is 12.8 Å². The predicted molar refractivity (Wildman–Crippen MR) is 108 cm³/mol. The van der Waals surface area contributed by atoms with E-state index in [1.54, 1.807) is 24.3 Å². The summed E-state index contributed by atoms with van der Waals surface area (Å²) in [6.45, 7) is 2.75. The Kier molecular flexibility index (Phi) is 8.09. The lowest BCUT2D eigenvalue weighted by molar-refractivity contribution is -0.119. The lowest BCUT2D eigenvalue weighted by Gasteiger charge is -2.22. The second-order valence-corrected chi connectivity index (χ2v) is 9.64. The van der Waals surface area contributed by atoms with Gasteiger partial charge in [-0.2, -0.15) is 11.8 Å². The predicted octanol–water partition coefficient (Wildman–Crippen LogP) is 2.64. The summed E-state index contributed by atoms with van der Waals surface area (Å²) < 4.78 is 30.7. The van der Waals surface area contributed by atoms with Crippen LogP contribution in [0.1, 0.15) is 32.6 Å². The van der Waals surface area contributed by atoms with E-state index >= 15 is 0 Å². The number of anilines is 1. The Morgan fingerprint density at radius 1 is 1.27 bits per heavy atom. The van der Waals surface area contributed by atoms with Crippen molar-refractivity contribution in [1.82, 2.24) is 5.32 Å². The molecule has 1 aliphatic carbocycles. The molecule has 0 atom stereocenters. The van der Waals surface area contributed by atoms with Gasteiger partial charge in [0.2, 0.25) is 15.9 Å². The number of thioether (sulfide) groups is 1. The molecule has 1 N–H and O–H groups in total. The van der Waals surface area contributed by atoms with Crippen LogP contribution >= 0.6 is 11.8 Å². The minimum absolute atomic E-state index is 0.221. The number of hydrogen-bond donors (Lipinski definition) is 1. The van der Waals surface area contributed by atoms with Crippen LogP contribution in [0.15, 0.2) is 24.3 Å². The molecule has 1 saturated carbocycles. The van der Waals surface area contributed by atoms with E-state index in [1.807, 2.05) is 18.7 Å². The molecule has 2 rings (SSSR count). The van der Waals surface area contributed by atoms with Crippen molar-refractivity contribution in [2.45, 2.75) is 37.9 Å². The summed E-state index contributed by atoms with van der Waals surface area (Å²) in [5, 5.41) is 3.53. The highest BCUT2D eigenvalue weighted by Gasteiger charge is 2.21. The van der Waals surface area contributed by atoms with E-state index in [9.17, 15) is 13.2 Å². The van der Waals surface area contributed by atoms with Crippen molar-refractivity contribution in [2.24, 2.45) is 0 Å². The molecule has 1 fully saturated rings. The first-order valence-corrected chi connectivity index (χ1v) is 11.9. The number of ether oxygens (including phenoxy) is 1. The van der Waals surface area contributed by atoms with Crippen molar-refractivity contribution in [3.63, 3.8) is 0 Å². The maximum absolute atomic E-state index is 12.2. The molecule has 6 nitrogen and oxygen atoms in total. The number of carbonyl (C=O) groups is 1. The minimum atomic E-state index is -3.56. The smallest absolute Gasteiger partial charge is 0.240 e. The molecule has 0 aliphatic heterocycles. The average molecular weight is 401 g/mol. The molecule has 0 bridgehead atoms. The summed E-state index contributed by atoms with van der Waals surface area (Å²) in [6.07, 6.45) is 6.23. The number of nitrogens with zero attached hydrogens (tertiary/aromatic N) is 1. The zero-order chi connectivity index (χ0) is 19.0. The number of rotatable bonds is 10. The van der Waals surface area contributed by atoms with Crippen molar-refractivity contribution in [2.75, 3.05) is 36.0 Å². The van der Waals surface area contributed by atoms with Crippen molar-refractivity contribution < 1.29 is 17.9 Å². The van der Waals surface area contributed by atoms with Crippen molar-refractivity contribution in [3.8, 4) is 5.75 Å². The molecule has 1 aliphatic rings. The SMILES string of the molecule is CCOc1ccc(N(CC(=O)NCCSC2CCCC2)S(C)(=O)=O)cc1. The first-order valence-electron chi connectivity index (χ1n) is 8.99. The van der Waals surface area contributed by atoms with Gasteiger partial charge in [0.1, 0.15) is 12.3 Å². The number of sulfonamides is 1. The topological polar surface area (TPSA) is 75.7 Å². The van der Waals surface area contributed by atoms with Gasteiger partial charge in [0, 0.05) is 17.5 Å². The van der Waals surface area contributed by atoms with Crippen LogP contribution < -0.4 is 14.4 Å². The van der Waals surface area contributed by atoms with E-state index in [0.29, 0.717) is 29.8 Å². The molecule has 1 aromatic rings. The van der Waals surface area contributed by atoms with Crippen molar-refractivity contribution in [1.29, 1.82) is 0 Å². The van der Waals surface area contributed by atoms with Crippen molar-refractivity contribution >= 4 is 33.4 Å². The van der Waals surface area contributed by atoms with Crippen LogP contribution in [0.5, 0.6) is 5.75 Å². The molecule has 0 spiro atoms. The van der Waals surface area contributed by atoms with E-state index in [0.717, 1.165) is 16.3 Å². The maximum Gasteiger partial charge on any atom is 0.240 e. The fourth-order valence-electron chi connectivity index (χ4n) is 2.93. The number of amides is 1. The van der Waals surface area contributed by atoms with Gasteiger partial charge in [0.15, 0.2) is 0 Å². The molecule has 1 aromatic carbocycles. The standard InChI is InChI=1S/C18H28N2O4S2/c1-3-24-16-10-8-15(9-11-16)20(26(2,22)23)14-18(21)19-12-13-25-17-6-4-5-7-17/h8-11,17H,3-7,12-14H2,1-2H3,(H,19,21). The zero-order valence-electron chi connectivity index (χ0n) is 15.4. The van der Waals surface area contributed by atoms with E-state index in [1.165, 1.54) is 25.7 Å². The first-order chi connectivity index (χ1) is 12.4. The third-order valence-electron chi connectivity index (χ3n) is 4.20. The van der Waals surface area contributed by atoms with E-state index < -0.39 is 10.0 Å². The average Bonchev–Trinajstić information content (AvgIpc) is 3.10. The van der Waals surface area contributed by atoms with Crippen LogP contribution in [0.3, 0.4) is 0 Å². The number of benzene rings is 1. The monoisotopic (exact) mass is 400 g/mol. The molecular formula is C18H28N2O4S2. The Morgan fingerprint density at radius 2 is 1.92 bits per heavy atom. The molecule has 0 saturated heterocycles. The zero-order valence-corrected chi connectivity index (χ0v) is 17.1. The van der Waals surface area contributed by atoms with Gasteiger partial charge in [-0.3, -0.25) is 9.10 Å². The largest absolute Gasteiger partial charge is 0.494 e. The fraction of sp³-hybridized carbons (Fsp3) is 0.611. The number of nitrogens with one attached hydrogen (secondary N) is 1. The van der Waals surface area contributed by atoms with Gasteiger partial charge in [-0.15, -0.1) is 0 Å². The summed E-state index contributed by atoms with van der Waals surface area (Å²) in [7, 11) is -3.56. The van der Waals surface area contributed by atoms with Gasteiger partial charge in [-0.05, 0) is 44.0 Å². The number of hydrogen-bond acceptors (Lipinski definition) is 5. The van der Waals surface area contributed by atoms with Gasteiger partial charge < -0.3 is 10.1 Å². The van der Waals surface area contributed by atoms with Crippen LogP contribution in [0, 0.1) is 0 Å². The third kappa shape index (κ3) is 6.72. The first kappa shape index (κ1) is 20.9. The molecular weight excluding hydrogens is 372 g/mol. The highest BCUT2D eigenvalue weighted by Crippen LogP contribution is 2.28. The number of carbonyl (C=O) groups excluding carboxylic acids is 1. The molecule has 26 heavy (non-hydrogen) atoms. The van der Waals surface area contributed by atoms with Crippen LogP contribution in [-0.4, -0.2) is 51.3 Å². The third-order valence-corrected chi connectivity index (χ3v) is 6.73. The normalized spacial score (nSPS) is 15.0. The Bertz CT molecular complexity index is 671. The molecule has 146 valence electrons. The van der Waals surface area contributed by atoms with Crippen LogP contribution in [0.25, 0.3) is 0 Å². The van der Waals surface area contributed by atoms with E-state index in [2.05, 4.69) is 5.32 Å². The maximum atomic E-state index is 12.2. The molecule has 0 aromatic heterocycles. The Labute approximate surface area is 160 Å². The molecule has 0 heterocycles. The van der Waals surface area contributed by atoms with E-state index in [4.69, 9.17) is 4.74 Å². The van der Waals surface area contributed by atoms with Crippen LogP contribution in [0.2, 0.25) is 0 Å². The molecule has 0 radical (unpaired) electrons.